The smallest absolute Gasteiger partial charge is 0.251 e. The number of hydrogen-bond acceptors (Lipinski definition) is 5. The molecule has 2 fully saturated rings. The molecule has 2 aliphatic heterocycles. The Morgan fingerprint density at radius 3 is 2.41 bits per heavy atom. The molecule has 34 heavy (non-hydrogen) atoms. The lowest BCUT2D eigenvalue weighted by atomic mass is 9.98. The van der Waals surface area contributed by atoms with Gasteiger partial charge < -0.3 is 20.7 Å². The normalized spacial score (nSPS) is 19.1. The first-order valence-corrected chi connectivity index (χ1v) is 11.5. The van der Waals surface area contributed by atoms with Crippen LogP contribution in [0.15, 0.2) is 66.7 Å². The van der Waals surface area contributed by atoms with Gasteiger partial charge in [-0.3, -0.25) is 10.2 Å². The second kappa shape index (κ2) is 9.27. The molecule has 3 aromatic carbocycles. The number of fused-ring (bicyclic) bond motifs is 2. The third kappa shape index (κ3) is 4.26. The zero-order chi connectivity index (χ0) is 23.7. The number of carbonyl (C=O) groups is 1. The molecule has 1 amide bonds. The molecule has 6 nitrogen and oxygen atoms in total. The molecule has 4 N–H and O–H groups in total. The topological polar surface area (TPSA) is 91.4 Å². The fourth-order valence-corrected chi connectivity index (χ4v) is 4.84. The summed E-state index contributed by atoms with van der Waals surface area (Å²) in [5, 5.41) is 11.5. The summed E-state index contributed by atoms with van der Waals surface area (Å²) in [6.07, 6.45) is 2.29. The fraction of sp³-hybridized carbons (Fsp3) is 0.259. The van der Waals surface area contributed by atoms with Crippen LogP contribution in [0.4, 0.5) is 15.8 Å². The maximum absolute atomic E-state index is 13.8. The molecule has 0 aromatic heterocycles. The van der Waals surface area contributed by atoms with Crippen molar-refractivity contribution in [3.05, 3.63) is 94.8 Å². The van der Waals surface area contributed by atoms with E-state index < -0.39 is 0 Å². The quantitative estimate of drug-likeness (QED) is 0.383. The third-order valence-corrected chi connectivity index (χ3v) is 6.68. The summed E-state index contributed by atoms with van der Waals surface area (Å²) in [5.74, 6) is -0.716. The highest BCUT2D eigenvalue weighted by atomic mass is 19.1. The molecular weight excluding hydrogens is 431 g/mol. The second-order valence-electron chi connectivity index (χ2n) is 8.83. The van der Waals surface area contributed by atoms with Crippen LogP contribution in [0.5, 0.6) is 0 Å². The van der Waals surface area contributed by atoms with Crippen LogP contribution < -0.4 is 16.0 Å². The molecule has 7 heteroatoms. The van der Waals surface area contributed by atoms with Crippen LogP contribution >= 0.6 is 0 Å². The van der Waals surface area contributed by atoms with Gasteiger partial charge in [-0.2, -0.15) is 0 Å². The fourth-order valence-electron chi connectivity index (χ4n) is 4.84. The minimum atomic E-state index is -0.365. The molecule has 3 aromatic rings. The summed E-state index contributed by atoms with van der Waals surface area (Å²) in [6, 6.07) is 20.0. The van der Waals surface area contributed by atoms with Crippen LogP contribution in [0.3, 0.4) is 0 Å². The van der Waals surface area contributed by atoms with Gasteiger partial charge in [0, 0.05) is 40.2 Å². The van der Waals surface area contributed by atoms with E-state index in [0.717, 1.165) is 37.3 Å². The van der Waals surface area contributed by atoms with Gasteiger partial charge >= 0.3 is 0 Å². The maximum atomic E-state index is 13.8. The van der Waals surface area contributed by atoms with Gasteiger partial charge in [0.15, 0.2) is 0 Å². The van der Waals surface area contributed by atoms with E-state index >= 15 is 0 Å². The average Bonchev–Trinajstić information content (AvgIpc) is 3.11. The third-order valence-electron chi connectivity index (χ3n) is 6.68. The van der Waals surface area contributed by atoms with Crippen molar-refractivity contribution in [2.24, 2.45) is 0 Å². The number of benzene rings is 3. The van der Waals surface area contributed by atoms with Crippen molar-refractivity contribution in [1.82, 2.24) is 5.32 Å². The lowest BCUT2D eigenvalue weighted by Gasteiger charge is -2.36. The van der Waals surface area contributed by atoms with E-state index in [1.807, 2.05) is 24.3 Å². The summed E-state index contributed by atoms with van der Waals surface area (Å²) in [7, 11) is 0. The lowest BCUT2D eigenvalue weighted by Crippen LogP contribution is -2.45. The van der Waals surface area contributed by atoms with E-state index in [2.05, 4.69) is 10.2 Å². The van der Waals surface area contributed by atoms with Gasteiger partial charge in [-0.1, -0.05) is 30.3 Å². The molecule has 2 unspecified atom stereocenters. The number of morpholine rings is 1. The highest BCUT2D eigenvalue weighted by Crippen LogP contribution is 2.34. The number of anilines is 2. The number of nitrogens with two attached hydrogens (primary N) is 1. The molecule has 2 heterocycles. The minimum Gasteiger partial charge on any atom is -0.398 e. The maximum Gasteiger partial charge on any atom is 0.251 e. The number of rotatable bonds is 6. The molecule has 174 valence electrons. The molecule has 0 spiro atoms. The molecule has 2 atom stereocenters. The molecule has 0 radical (unpaired) electrons. The number of hydrogen-bond donors (Lipinski definition) is 3. The number of halogens is 1. The van der Waals surface area contributed by atoms with Crippen LogP contribution in [0.25, 0.3) is 0 Å². The summed E-state index contributed by atoms with van der Waals surface area (Å²) in [5.41, 5.74) is 9.95. The first kappa shape index (κ1) is 22.1. The van der Waals surface area contributed by atoms with Crippen molar-refractivity contribution in [3.63, 3.8) is 0 Å². The van der Waals surface area contributed by atoms with Crippen molar-refractivity contribution in [3.8, 4) is 0 Å². The predicted molar refractivity (Wildman–Crippen MR) is 131 cm³/mol. The van der Waals surface area contributed by atoms with Gasteiger partial charge in [-0.05, 0) is 49.2 Å². The van der Waals surface area contributed by atoms with Crippen molar-refractivity contribution < 1.29 is 13.9 Å². The molecule has 0 aliphatic carbocycles. The average molecular weight is 459 g/mol. The van der Waals surface area contributed by atoms with E-state index in [1.165, 1.54) is 6.07 Å². The van der Waals surface area contributed by atoms with E-state index in [4.69, 9.17) is 15.9 Å². The van der Waals surface area contributed by atoms with E-state index in [1.54, 1.807) is 36.4 Å². The van der Waals surface area contributed by atoms with Crippen LogP contribution in [0, 0.1) is 11.2 Å². The predicted octanol–water partition coefficient (Wildman–Crippen LogP) is 4.12. The van der Waals surface area contributed by atoms with Crippen molar-refractivity contribution >= 4 is 23.0 Å². The monoisotopic (exact) mass is 458 g/mol. The van der Waals surface area contributed by atoms with Crippen LogP contribution in [0.2, 0.25) is 0 Å². The molecule has 2 aliphatic rings. The molecule has 5 rings (SSSR count). The Balaban J connectivity index is 1.31. The summed E-state index contributed by atoms with van der Waals surface area (Å²) < 4.78 is 19.5. The van der Waals surface area contributed by atoms with Gasteiger partial charge in [0.1, 0.15) is 5.82 Å². The lowest BCUT2D eigenvalue weighted by molar-refractivity contribution is 0.0906. The van der Waals surface area contributed by atoms with E-state index in [9.17, 15) is 9.18 Å². The van der Waals surface area contributed by atoms with Crippen molar-refractivity contribution in [2.45, 2.75) is 31.5 Å². The Morgan fingerprint density at radius 1 is 1.03 bits per heavy atom. The van der Waals surface area contributed by atoms with Gasteiger partial charge in [-0.25, -0.2) is 4.39 Å². The number of ether oxygens (including phenoxy) is 1. The molecule has 0 saturated carbocycles. The summed E-state index contributed by atoms with van der Waals surface area (Å²) in [6.45, 7) is 1.60. The van der Waals surface area contributed by atoms with Gasteiger partial charge in [0.2, 0.25) is 0 Å². The van der Waals surface area contributed by atoms with Gasteiger partial charge in [0.05, 0.1) is 31.0 Å². The second-order valence-corrected chi connectivity index (χ2v) is 8.83. The molecular formula is C27H27FN4O2. The van der Waals surface area contributed by atoms with E-state index in [-0.39, 0.29) is 24.0 Å². The van der Waals surface area contributed by atoms with E-state index in [0.29, 0.717) is 34.5 Å². The highest BCUT2D eigenvalue weighted by Gasteiger charge is 2.37. The molecule has 2 saturated heterocycles. The SMILES string of the molecule is N=C(c1ccc(N2C3CCC2COC3)cc1)c1cc(C(=O)NCc2ccccc2F)ccc1N. The van der Waals surface area contributed by atoms with Gasteiger partial charge in [-0.15, -0.1) is 0 Å². The first-order chi connectivity index (χ1) is 16.5. The Labute approximate surface area is 198 Å². The molecule has 2 bridgehead atoms. The Bertz CT molecular complexity index is 1210. The Kier molecular flexibility index (Phi) is 6.02. The summed E-state index contributed by atoms with van der Waals surface area (Å²) >= 11 is 0. The summed E-state index contributed by atoms with van der Waals surface area (Å²) in [4.78, 5) is 15.1. The first-order valence-electron chi connectivity index (χ1n) is 11.5. The van der Waals surface area contributed by atoms with Gasteiger partial charge in [0.25, 0.3) is 5.91 Å². The largest absolute Gasteiger partial charge is 0.398 e. The number of amides is 1. The number of nitrogens with one attached hydrogen (secondary N) is 2. The highest BCUT2D eigenvalue weighted by molar-refractivity contribution is 6.15. The minimum absolute atomic E-state index is 0.0770. The Morgan fingerprint density at radius 2 is 1.71 bits per heavy atom. The zero-order valence-electron chi connectivity index (χ0n) is 18.8. The van der Waals surface area contributed by atoms with Crippen LogP contribution in [-0.4, -0.2) is 36.9 Å². The Hall–Kier alpha value is -3.71. The van der Waals surface area contributed by atoms with Crippen molar-refractivity contribution in [2.75, 3.05) is 23.8 Å². The van der Waals surface area contributed by atoms with Crippen LogP contribution in [-0.2, 0) is 11.3 Å². The zero-order valence-corrected chi connectivity index (χ0v) is 18.8. The van der Waals surface area contributed by atoms with Crippen LogP contribution in [0.1, 0.15) is 39.9 Å². The van der Waals surface area contributed by atoms with Crippen molar-refractivity contribution in [1.29, 1.82) is 5.41 Å². The number of nitrogens with zero attached hydrogens (tertiary/aromatic N) is 1. The standard InChI is InChI=1S/C27H27FN4O2/c28-24-4-2-1-3-19(24)14-31-27(33)18-7-12-25(29)23(13-18)26(30)17-5-8-20(9-6-17)32-21-10-11-22(32)16-34-15-21/h1-9,12-13,21-22,30H,10-11,14-16,29H2,(H,31,33). The number of nitrogen functional groups attached to an aromatic ring is 1. The number of carbonyl (C=O) groups excluding carboxylic acids is 1.